The number of benzene rings is 1. The lowest BCUT2D eigenvalue weighted by molar-refractivity contribution is -0.122. The number of rotatable bonds is 6. The number of hydrogen-bond acceptors (Lipinski definition) is 5. The van der Waals surface area contributed by atoms with Crippen LogP contribution >= 0.6 is 0 Å². The summed E-state index contributed by atoms with van der Waals surface area (Å²) in [5.74, 6) is 1.32. The summed E-state index contributed by atoms with van der Waals surface area (Å²) in [6.07, 6.45) is 4.51. The van der Waals surface area contributed by atoms with Gasteiger partial charge in [0.25, 0.3) is 0 Å². The molecule has 6 heteroatoms. The van der Waals surface area contributed by atoms with Crippen LogP contribution < -0.4 is 16.2 Å². The van der Waals surface area contributed by atoms with Crippen molar-refractivity contribution in [2.75, 3.05) is 0 Å². The average molecular weight is 328 g/mol. The van der Waals surface area contributed by atoms with Gasteiger partial charge in [0.15, 0.2) is 11.7 Å². The highest BCUT2D eigenvalue weighted by molar-refractivity contribution is 5.76. The first-order valence-corrected chi connectivity index (χ1v) is 8.46. The zero-order chi connectivity index (χ0) is 16.9. The molecule has 3 N–H and O–H groups in total. The van der Waals surface area contributed by atoms with Gasteiger partial charge in [-0.2, -0.15) is 0 Å². The van der Waals surface area contributed by atoms with Crippen molar-refractivity contribution < 1.29 is 9.21 Å². The molecular formula is C18H24N4O2. The number of hydrazine groups is 1. The predicted molar refractivity (Wildman–Crippen MR) is 91.9 cm³/mol. The second-order valence-corrected chi connectivity index (χ2v) is 6.23. The largest absolute Gasteiger partial charge is 0.441 e. The zero-order valence-corrected chi connectivity index (χ0v) is 14.1. The molecule has 24 heavy (non-hydrogen) atoms. The molecule has 1 saturated heterocycles. The molecule has 2 unspecified atom stereocenters. The Balaban J connectivity index is 1.48. The van der Waals surface area contributed by atoms with Crippen molar-refractivity contribution in [3.05, 3.63) is 41.9 Å². The quantitative estimate of drug-likeness (QED) is 0.758. The SMILES string of the molecule is CCC1CC(NC(=O)CCc2ncc(-c3ccc(C)cc3)o2)NN1. The standard InChI is InChI=1S/C18H24N4O2/c1-3-14-10-16(22-21-14)20-17(23)8-9-18-19-11-15(24-18)13-6-4-12(2)5-7-13/h4-7,11,14,16,21-22H,3,8-10H2,1-2H3,(H,20,23). The van der Waals surface area contributed by atoms with Gasteiger partial charge in [0.1, 0.15) is 0 Å². The first kappa shape index (κ1) is 16.7. The molecule has 0 radical (unpaired) electrons. The predicted octanol–water partition coefficient (Wildman–Crippen LogP) is 2.30. The van der Waals surface area contributed by atoms with Gasteiger partial charge in [0.05, 0.1) is 12.4 Å². The summed E-state index contributed by atoms with van der Waals surface area (Å²) in [6.45, 7) is 4.17. The summed E-state index contributed by atoms with van der Waals surface area (Å²) in [5, 5.41) is 2.98. The second kappa shape index (κ2) is 7.59. The number of aryl methyl sites for hydroxylation is 2. The molecule has 0 saturated carbocycles. The molecule has 0 aliphatic carbocycles. The monoisotopic (exact) mass is 328 g/mol. The van der Waals surface area contributed by atoms with Crippen LogP contribution in [0.25, 0.3) is 11.3 Å². The van der Waals surface area contributed by atoms with Gasteiger partial charge in [0, 0.05) is 24.4 Å². The Morgan fingerprint density at radius 2 is 2.12 bits per heavy atom. The molecule has 6 nitrogen and oxygen atoms in total. The normalized spacial score (nSPS) is 20.2. The lowest BCUT2D eigenvalue weighted by Gasteiger charge is -2.11. The van der Waals surface area contributed by atoms with E-state index in [4.69, 9.17) is 4.42 Å². The van der Waals surface area contributed by atoms with Crippen molar-refractivity contribution >= 4 is 5.91 Å². The number of hydrogen-bond donors (Lipinski definition) is 3. The Morgan fingerprint density at radius 1 is 1.33 bits per heavy atom. The van der Waals surface area contributed by atoms with E-state index in [1.165, 1.54) is 5.56 Å². The van der Waals surface area contributed by atoms with Crippen molar-refractivity contribution in [1.29, 1.82) is 0 Å². The fourth-order valence-electron chi connectivity index (χ4n) is 2.75. The summed E-state index contributed by atoms with van der Waals surface area (Å²) in [5.41, 5.74) is 8.46. The highest BCUT2D eigenvalue weighted by Crippen LogP contribution is 2.21. The Morgan fingerprint density at radius 3 is 2.83 bits per heavy atom. The summed E-state index contributed by atoms with van der Waals surface area (Å²) in [4.78, 5) is 16.3. The molecule has 0 spiro atoms. The number of nitrogens with one attached hydrogen (secondary N) is 3. The van der Waals surface area contributed by atoms with Gasteiger partial charge in [0.2, 0.25) is 5.91 Å². The van der Waals surface area contributed by atoms with Crippen molar-refractivity contribution in [1.82, 2.24) is 21.2 Å². The van der Waals surface area contributed by atoms with E-state index < -0.39 is 0 Å². The molecule has 2 atom stereocenters. The minimum atomic E-state index is -0.00451. The maximum atomic E-state index is 12.0. The molecule has 2 heterocycles. The molecule has 3 rings (SSSR count). The van der Waals surface area contributed by atoms with E-state index in [1.54, 1.807) is 6.20 Å². The molecule has 128 valence electrons. The van der Waals surface area contributed by atoms with Gasteiger partial charge in [-0.05, 0) is 19.8 Å². The maximum Gasteiger partial charge on any atom is 0.221 e. The van der Waals surface area contributed by atoms with Crippen LogP contribution in [-0.4, -0.2) is 23.1 Å². The summed E-state index contributed by atoms with van der Waals surface area (Å²) < 4.78 is 5.75. The van der Waals surface area contributed by atoms with Gasteiger partial charge < -0.3 is 9.73 Å². The van der Waals surface area contributed by atoms with Crippen molar-refractivity contribution in [3.8, 4) is 11.3 Å². The fraction of sp³-hybridized carbons (Fsp3) is 0.444. The highest BCUT2D eigenvalue weighted by atomic mass is 16.4. The van der Waals surface area contributed by atoms with Crippen molar-refractivity contribution in [3.63, 3.8) is 0 Å². The minimum absolute atomic E-state index is 0.00105. The van der Waals surface area contributed by atoms with E-state index in [0.29, 0.717) is 24.8 Å². The number of nitrogens with zero attached hydrogens (tertiary/aromatic N) is 1. The molecule has 1 fully saturated rings. The summed E-state index contributed by atoms with van der Waals surface area (Å²) >= 11 is 0. The Hall–Kier alpha value is -2.18. The van der Waals surface area contributed by atoms with Gasteiger partial charge >= 0.3 is 0 Å². The molecule has 2 aromatic rings. The van der Waals surface area contributed by atoms with E-state index in [2.05, 4.69) is 28.1 Å². The summed E-state index contributed by atoms with van der Waals surface area (Å²) in [6, 6.07) is 8.51. The van der Waals surface area contributed by atoms with E-state index >= 15 is 0 Å². The van der Waals surface area contributed by atoms with Crippen molar-refractivity contribution in [2.45, 2.75) is 51.7 Å². The van der Waals surface area contributed by atoms with Crippen LogP contribution in [0.15, 0.2) is 34.9 Å². The first-order valence-electron chi connectivity index (χ1n) is 8.46. The van der Waals surface area contributed by atoms with Crippen LogP contribution in [0.4, 0.5) is 0 Å². The second-order valence-electron chi connectivity index (χ2n) is 6.23. The first-order chi connectivity index (χ1) is 11.6. The molecular weight excluding hydrogens is 304 g/mol. The van der Waals surface area contributed by atoms with Crippen molar-refractivity contribution in [2.24, 2.45) is 0 Å². The number of carbonyl (C=O) groups excluding carboxylic acids is 1. The van der Waals surface area contributed by atoms with Gasteiger partial charge in [-0.25, -0.2) is 10.4 Å². The number of carbonyl (C=O) groups is 1. The Bertz CT molecular complexity index is 681. The zero-order valence-electron chi connectivity index (χ0n) is 14.1. The molecule has 1 aromatic carbocycles. The number of amides is 1. The summed E-state index contributed by atoms with van der Waals surface area (Å²) in [7, 11) is 0. The van der Waals surface area contributed by atoms with Crippen LogP contribution in [0.3, 0.4) is 0 Å². The smallest absolute Gasteiger partial charge is 0.221 e. The third-order valence-electron chi connectivity index (χ3n) is 4.27. The fourth-order valence-corrected chi connectivity index (χ4v) is 2.75. The average Bonchev–Trinajstić information content (AvgIpc) is 3.23. The molecule has 1 aliphatic rings. The minimum Gasteiger partial charge on any atom is -0.441 e. The molecule has 1 amide bonds. The van der Waals surface area contributed by atoms with E-state index in [9.17, 15) is 4.79 Å². The van der Waals surface area contributed by atoms with Crippen LogP contribution in [0, 0.1) is 6.92 Å². The van der Waals surface area contributed by atoms with E-state index in [0.717, 1.165) is 24.2 Å². The van der Waals surface area contributed by atoms with E-state index in [-0.39, 0.29) is 12.1 Å². The van der Waals surface area contributed by atoms with Crippen LogP contribution in [0.5, 0.6) is 0 Å². The van der Waals surface area contributed by atoms with Crippen LogP contribution in [0.1, 0.15) is 37.6 Å². The maximum absolute atomic E-state index is 12.0. The van der Waals surface area contributed by atoms with Gasteiger partial charge in [-0.15, -0.1) is 0 Å². The molecule has 1 aromatic heterocycles. The van der Waals surface area contributed by atoms with Crippen LogP contribution in [-0.2, 0) is 11.2 Å². The Kier molecular flexibility index (Phi) is 5.27. The van der Waals surface area contributed by atoms with Crippen LogP contribution in [0.2, 0.25) is 0 Å². The lowest BCUT2D eigenvalue weighted by atomic mass is 10.1. The molecule has 0 bridgehead atoms. The lowest BCUT2D eigenvalue weighted by Crippen LogP contribution is -2.44. The number of aromatic nitrogens is 1. The van der Waals surface area contributed by atoms with Gasteiger partial charge in [-0.3, -0.25) is 10.2 Å². The topological polar surface area (TPSA) is 79.2 Å². The Labute approximate surface area is 142 Å². The number of oxazole rings is 1. The third kappa shape index (κ3) is 4.21. The highest BCUT2D eigenvalue weighted by Gasteiger charge is 2.23. The molecule has 1 aliphatic heterocycles. The third-order valence-corrected chi connectivity index (χ3v) is 4.27. The van der Waals surface area contributed by atoms with E-state index in [1.807, 2.05) is 31.2 Å². The van der Waals surface area contributed by atoms with Gasteiger partial charge in [-0.1, -0.05) is 36.8 Å².